The second-order valence-corrected chi connectivity index (χ2v) is 25.3. The van der Waals surface area contributed by atoms with Gasteiger partial charge in [0.05, 0.1) is 25.4 Å². The number of esters is 1. The standard InChI is InChI=1S/C76H143NO5/c1-3-5-7-9-11-13-15-17-19-37-41-44-48-52-56-60-64-68-74(79)73(72-78)77-75(80)69-65-61-57-53-49-45-42-38-35-33-31-29-27-25-23-21-20-22-24-26-28-30-32-34-36-39-43-47-51-55-59-63-67-71-82-76(81)70-66-62-58-54-50-46-40-18-16-14-12-10-8-6-4-2/h12,14,18,24,26,30,32,40,73-74,78-79H,3-11,13,15-17,19-23,25,27-29,31,33-39,41-72H2,1-2H3,(H,77,80)/b14-12-,26-24-,32-30-,40-18-. The molecule has 0 aromatic carbocycles. The molecule has 482 valence electrons. The number of nitrogens with one attached hydrogen (secondary N) is 1. The van der Waals surface area contributed by atoms with E-state index < -0.39 is 12.1 Å². The fourth-order valence-corrected chi connectivity index (χ4v) is 11.5. The second kappa shape index (κ2) is 71.3. The van der Waals surface area contributed by atoms with Crippen LogP contribution in [0.4, 0.5) is 0 Å². The van der Waals surface area contributed by atoms with Crippen molar-refractivity contribution in [3.05, 3.63) is 48.6 Å². The van der Waals surface area contributed by atoms with Gasteiger partial charge < -0.3 is 20.3 Å². The lowest BCUT2D eigenvalue weighted by atomic mass is 10.0. The van der Waals surface area contributed by atoms with Gasteiger partial charge in [0, 0.05) is 12.8 Å². The normalized spacial score (nSPS) is 12.8. The average Bonchev–Trinajstić information content (AvgIpc) is 3.48. The predicted molar refractivity (Wildman–Crippen MR) is 361 cm³/mol. The molecule has 2 unspecified atom stereocenters. The Labute approximate surface area is 512 Å². The van der Waals surface area contributed by atoms with E-state index in [4.69, 9.17) is 4.74 Å². The smallest absolute Gasteiger partial charge is 0.305 e. The summed E-state index contributed by atoms with van der Waals surface area (Å²) in [6.07, 6.45) is 93.2. The van der Waals surface area contributed by atoms with Gasteiger partial charge in [-0.2, -0.15) is 0 Å². The van der Waals surface area contributed by atoms with Crippen LogP contribution in [0.2, 0.25) is 0 Å². The number of ether oxygens (including phenoxy) is 1. The van der Waals surface area contributed by atoms with E-state index in [0.29, 0.717) is 25.9 Å². The summed E-state index contributed by atoms with van der Waals surface area (Å²) in [5, 5.41) is 23.4. The second-order valence-electron chi connectivity index (χ2n) is 25.3. The summed E-state index contributed by atoms with van der Waals surface area (Å²) in [7, 11) is 0. The lowest BCUT2D eigenvalue weighted by Gasteiger charge is -2.22. The molecule has 0 aliphatic heterocycles. The molecule has 0 aromatic rings. The van der Waals surface area contributed by atoms with Crippen LogP contribution in [-0.4, -0.2) is 47.4 Å². The van der Waals surface area contributed by atoms with Crippen LogP contribution in [0.25, 0.3) is 0 Å². The van der Waals surface area contributed by atoms with E-state index in [0.717, 1.165) is 57.8 Å². The van der Waals surface area contributed by atoms with Gasteiger partial charge in [0.25, 0.3) is 0 Å². The Morgan fingerprint density at radius 2 is 0.610 bits per heavy atom. The molecule has 0 aliphatic carbocycles. The Bertz CT molecular complexity index is 1370. The lowest BCUT2D eigenvalue weighted by Crippen LogP contribution is -2.45. The van der Waals surface area contributed by atoms with E-state index in [1.54, 1.807) is 0 Å². The van der Waals surface area contributed by atoms with Crippen molar-refractivity contribution in [3.8, 4) is 0 Å². The maximum absolute atomic E-state index is 12.5. The summed E-state index contributed by atoms with van der Waals surface area (Å²) in [5.74, 6) is -0.0297. The number of carbonyl (C=O) groups is 2. The minimum atomic E-state index is -0.664. The van der Waals surface area contributed by atoms with E-state index >= 15 is 0 Å². The summed E-state index contributed by atoms with van der Waals surface area (Å²) in [4.78, 5) is 24.6. The van der Waals surface area contributed by atoms with Crippen LogP contribution in [0, 0.1) is 0 Å². The molecule has 6 nitrogen and oxygen atoms in total. The molecule has 6 heteroatoms. The van der Waals surface area contributed by atoms with Crippen LogP contribution in [0.3, 0.4) is 0 Å². The number of hydrogen-bond donors (Lipinski definition) is 3. The minimum Gasteiger partial charge on any atom is -0.466 e. The Morgan fingerprint density at radius 3 is 0.951 bits per heavy atom. The van der Waals surface area contributed by atoms with Gasteiger partial charge in [0.2, 0.25) is 5.91 Å². The lowest BCUT2D eigenvalue weighted by molar-refractivity contribution is -0.143. The van der Waals surface area contributed by atoms with Gasteiger partial charge in [0.1, 0.15) is 0 Å². The number of rotatable bonds is 69. The van der Waals surface area contributed by atoms with Crippen molar-refractivity contribution in [1.82, 2.24) is 5.32 Å². The summed E-state index contributed by atoms with van der Waals surface area (Å²) in [6, 6.07) is -0.541. The van der Waals surface area contributed by atoms with E-state index in [-0.39, 0.29) is 18.5 Å². The molecular formula is C76H143NO5. The number of aliphatic hydroxyl groups is 2. The summed E-state index contributed by atoms with van der Waals surface area (Å²) >= 11 is 0. The zero-order valence-electron chi connectivity index (χ0n) is 55.2. The fourth-order valence-electron chi connectivity index (χ4n) is 11.5. The molecule has 2 atom stereocenters. The van der Waals surface area contributed by atoms with Crippen LogP contribution in [-0.2, 0) is 14.3 Å². The van der Waals surface area contributed by atoms with E-state index in [9.17, 15) is 19.8 Å². The molecule has 0 heterocycles. The molecule has 0 rings (SSSR count). The fraction of sp³-hybridized carbons (Fsp3) is 0.868. The SMILES string of the molecule is CCCCC/C=C\C/C=C\CCCCCCCC(=O)OCCCCCCCCCCC/C=C\C/C=C\CCCCCCCCCCCCCCCCCCCC(=O)NC(CO)C(O)CCCCCCCCCCCCCCCCCCC. The van der Waals surface area contributed by atoms with Gasteiger partial charge in [-0.3, -0.25) is 9.59 Å². The van der Waals surface area contributed by atoms with Crippen molar-refractivity contribution < 1.29 is 24.5 Å². The molecule has 0 saturated heterocycles. The molecule has 0 saturated carbocycles. The van der Waals surface area contributed by atoms with Crippen molar-refractivity contribution in [3.63, 3.8) is 0 Å². The summed E-state index contributed by atoms with van der Waals surface area (Å²) < 4.78 is 5.48. The summed E-state index contributed by atoms with van der Waals surface area (Å²) in [6.45, 7) is 4.95. The van der Waals surface area contributed by atoms with Crippen molar-refractivity contribution in [2.45, 2.75) is 411 Å². The molecule has 0 aliphatic rings. The first kappa shape index (κ1) is 79.8. The third-order valence-corrected chi connectivity index (χ3v) is 17.1. The first-order chi connectivity index (χ1) is 40.5. The molecule has 0 spiro atoms. The van der Waals surface area contributed by atoms with Gasteiger partial charge in [-0.15, -0.1) is 0 Å². The Balaban J connectivity index is 3.38. The zero-order chi connectivity index (χ0) is 59.2. The van der Waals surface area contributed by atoms with Gasteiger partial charge in [-0.25, -0.2) is 0 Å². The monoisotopic (exact) mass is 1150 g/mol. The Hall–Kier alpha value is -2.18. The Morgan fingerprint density at radius 1 is 0.341 bits per heavy atom. The molecule has 82 heavy (non-hydrogen) atoms. The highest BCUT2D eigenvalue weighted by atomic mass is 16.5. The molecule has 0 radical (unpaired) electrons. The number of carbonyl (C=O) groups excluding carboxylic acids is 2. The third-order valence-electron chi connectivity index (χ3n) is 17.1. The molecule has 1 amide bonds. The van der Waals surface area contributed by atoms with Crippen LogP contribution in [0.15, 0.2) is 48.6 Å². The highest BCUT2D eigenvalue weighted by Gasteiger charge is 2.20. The van der Waals surface area contributed by atoms with Crippen LogP contribution < -0.4 is 5.32 Å². The quantitative estimate of drug-likeness (QED) is 0.0320. The van der Waals surface area contributed by atoms with Gasteiger partial charge in [0.15, 0.2) is 0 Å². The minimum absolute atomic E-state index is 0.000328. The molecule has 0 bridgehead atoms. The average molecular weight is 1150 g/mol. The van der Waals surface area contributed by atoms with Gasteiger partial charge in [-0.05, 0) is 89.9 Å². The third kappa shape index (κ3) is 67.0. The topological polar surface area (TPSA) is 95.9 Å². The predicted octanol–water partition coefficient (Wildman–Crippen LogP) is 24.0. The summed E-state index contributed by atoms with van der Waals surface area (Å²) in [5.41, 5.74) is 0. The number of aliphatic hydroxyl groups excluding tert-OH is 2. The van der Waals surface area contributed by atoms with Crippen LogP contribution in [0.1, 0.15) is 399 Å². The van der Waals surface area contributed by atoms with Gasteiger partial charge >= 0.3 is 5.97 Å². The van der Waals surface area contributed by atoms with Crippen molar-refractivity contribution in [1.29, 1.82) is 0 Å². The first-order valence-electron chi connectivity index (χ1n) is 36.9. The van der Waals surface area contributed by atoms with E-state index in [1.165, 1.54) is 308 Å². The number of unbranched alkanes of at least 4 members (excludes halogenated alkanes) is 50. The van der Waals surface area contributed by atoms with Crippen molar-refractivity contribution in [2.24, 2.45) is 0 Å². The van der Waals surface area contributed by atoms with Crippen LogP contribution >= 0.6 is 0 Å². The zero-order valence-corrected chi connectivity index (χ0v) is 55.2. The van der Waals surface area contributed by atoms with E-state index in [1.807, 2.05) is 0 Å². The maximum Gasteiger partial charge on any atom is 0.305 e. The molecule has 3 N–H and O–H groups in total. The van der Waals surface area contributed by atoms with E-state index in [2.05, 4.69) is 67.8 Å². The molecular weight excluding hydrogens is 1010 g/mol. The maximum atomic E-state index is 12.5. The number of allylic oxidation sites excluding steroid dienone is 8. The van der Waals surface area contributed by atoms with Crippen LogP contribution in [0.5, 0.6) is 0 Å². The molecule has 0 fully saturated rings. The number of hydrogen-bond acceptors (Lipinski definition) is 5. The van der Waals surface area contributed by atoms with Crippen molar-refractivity contribution >= 4 is 11.9 Å². The highest BCUT2D eigenvalue weighted by molar-refractivity contribution is 5.76. The molecule has 0 aromatic heterocycles. The van der Waals surface area contributed by atoms with Crippen molar-refractivity contribution in [2.75, 3.05) is 13.2 Å². The highest BCUT2D eigenvalue weighted by Crippen LogP contribution is 2.19. The largest absolute Gasteiger partial charge is 0.466 e. The Kier molecular flexibility index (Phi) is 69.4. The first-order valence-corrected chi connectivity index (χ1v) is 36.9. The van der Waals surface area contributed by atoms with Gasteiger partial charge in [-0.1, -0.05) is 345 Å². The number of amides is 1.